The molecule has 2 aromatic carbocycles. The Kier molecular flexibility index (Phi) is 5.88. The molecule has 0 aliphatic carbocycles. The van der Waals surface area contributed by atoms with Crippen LogP contribution in [-0.2, 0) is 0 Å². The van der Waals surface area contributed by atoms with Crippen molar-refractivity contribution in [1.82, 2.24) is 30.7 Å². The van der Waals surface area contributed by atoms with Crippen LogP contribution < -0.4 is 15.9 Å². The summed E-state index contributed by atoms with van der Waals surface area (Å²) in [5.74, 6) is 0.164. The van der Waals surface area contributed by atoms with Crippen molar-refractivity contribution in [3.63, 3.8) is 0 Å². The number of hydrazone groups is 1. The first-order chi connectivity index (χ1) is 15.6. The molecule has 32 heavy (non-hydrogen) atoms. The summed E-state index contributed by atoms with van der Waals surface area (Å²) in [4.78, 5) is 12.9. The summed E-state index contributed by atoms with van der Waals surface area (Å²) in [6.45, 7) is 4.36. The Morgan fingerprint density at radius 3 is 2.78 bits per heavy atom. The maximum atomic E-state index is 12.9. The molecule has 0 aliphatic heterocycles. The second-order valence-electron chi connectivity index (χ2n) is 6.74. The van der Waals surface area contributed by atoms with Crippen molar-refractivity contribution in [1.29, 1.82) is 0 Å². The lowest BCUT2D eigenvalue weighted by atomic mass is 10.1. The first-order valence-electron chi connectivity index (χ1n) is 9.74. The molecular formula is C21H20N8O3. The number of nitrogen functional groups attached to an aromatic ring is 1. The fourth-order valence-corrected chi connectivity index (χ4v) is 2.95. The number of nitrogens with two attached hydrogens (primary N) is 1. The molecule has 3 N–H and O–H groups in total. The second kappa shape index (κ2) is 9.08. The number of carbonyl (C=O) groups is 1. The molecule has 0 saturated carbocycles. The van der Waals surface area contributed by atoms with Gasteiger partial charge < -0.3 is 10.5 Å². The van der Waals surface area contributed by atoms with Gasteiger partial charge in [-0.2, -0.15) is 9.78 Å². The first kappa shape index (κ1) is 20.7. The van der Waals surface area contributed by atoms with Gasteiger partial charge in [-0.1, -0.05) is 47.2 Å². The monoisotopic (exact) mass is 432 g/mol. The minimum absolute atomic E-state index is 0.00135. The molecule has 0 saturated heterocycles. The van der Waals surface area contributed by atoms with Crippen molar-refractivity contribution in [2.75, 3.05) is 12.3 Å². The molecule has 11 nitrogen and oxygen atoms in total. The van der Waals surface area contributed by atoms with Gasteiger partial charge in [0, 0.05) is 5.56 Å². The molecule has 1 amide bonds. The summed E-state index contributed by atoms with van der Waals surface area (Å²) < 4.78 is 11.5. The van der Waals surface area contributed by atoms with Crippen LogP contribution in [0.3, 0.4) is 0 Å². The van der Waals surface area contributed by atoms with Crippen molar-refractivity contribution in [2.45, 2.75) is 13.8 Å². The second-order valence-corrected chi connectivity index (χ2v) is 6.74. The average Bonchev–Trinajstić information content (AvgIpc) is 3.41. The van der Waals surface area contributed by atoms with Crippen LogP contribution in [0, 0.1) is 6.92 Å². The number of hydrogen-bond donors (Lipinski definition) is 2. The van der Waals surface area contributed by atoms with Gasteiger partial charge in [-0.15, -0.1) is 5.10 Å². The van der Waals surface area contributed by atoms with Crippen LogP contribution in [0.1, 0.15) is 28.5 Å². The predicted octanol–water partition coefficient (Wildman–Crippen LogP) is 2.37. The highest BCUT2D eigenvalue weighted by Gasteiger charge is 2.25. The lowest BCUT2D eigenvalue weighted by Crippen LogP contribution is -2.19. The molecule has 162 valence electrons. The molecule has 2 heterocycles. The van der Waals surface area contributed by atoms with Crippen LogP contribution in [0.15, 0.2) is 58.3 Å². The number of carbonyl (C=O) groups excluding carboxylic acids is 1. The molecule has 4 aromatic rings. The Morgan fingerprint density at radius 2 is 2.06 bits per heavy atom. The van der Waals surface area contributed by atoms with Crippen molar-refractivity contribution in [3.8, 4) is 22.8 Å². The number of anilines is 1. The van der Waals surface area contributed by atoms with Crippen LogP contribution in [0.4, 0.5) is 5.82 Å². The quantitative estimate of drug-likeness (QED) is 0.334. The van der Waals surface area contributed by atoms with Gasteiger partial charge in [-0.3, -0.25) is 4.79 Å². The molecule has 4 rings (SSSR count). The van der Waals surface area contributed by atoms with Gasteiger partial charge in [0.25, 0.3) is 5.91 Å². The van der Waals surface area contributed by atoms with Crippen LogP contribution in [0.25, 0.3) is 17.1 Å². The summed E-state index contributed by atoms with van der Waals surface area (Å²) in [5.41, 5.74) is 11.2. The number of amides is 1. The van der Waals surface area contributed by atoms with Crippen LogP contribution in [-0.4, -0.2) is 44.0 Å². The minimum Gasteiger partial charge on any atom is -0.494 e. The number of nitrogens with one attached hydrogen (secondary N) is 1. The zero-order valence-corrected chi connectivity index (χ0v) is 17.4. The Labute approximate surface area is 182 Å². The van der Waals surface area contributed by atoms with Crippen molar-refractivity contribution >= 4 is 17.9 Å². The molecule has 0 aliphatic rings. The van der Waals surface area contributed by atoms with Crippen molar-refractivity contribution in [2.24, 2.45) is 5.10 Å². The fourth-order valence-electron chi connectivity index (χ4n) is 2.95. The van der Waals surface area contributed by atoms with Gasteiger partial charge in [0.05, 0.1) is 12.8 Å². The molecular weight excluding hydrogens is 412 g/mol. The third-order valence-electron chi connectivity index (χ3n) is 4.46. The van der Waals surface area contributed by atoms with Crippen LogP contribution in [0.5, 0.6) is 5.75 Å². The number of hydrogen-bond acceptors (Lipinski definition) is 9. The van der Waals surface area contributed by atoms with Gasteiger partial charge in [-0.25, -0.2) is 10.1 Å². The smallest absolute Gasteiger partial charge is 0.294 e. The molecule has 11 heteroatoms. The number of nitrogens with zero attached hydrogens (tertiary/aromatic N) is 6. The predicted molar refractivity (Wildman–Crippen MR) is 116 cm³/mol. The van der Waals surface area contributed by atoms with E-state index in [1.165, 1.54) is 10.9 Å². The van der Waals surface area contributed by atoms with E-state index >= 15 is 0 Å². The zero-order chi connectivity index (χ0) is 22.5. The highest BCUT2D eigenvalue weighted by molar-refractivity contribution is 5.98. The van der Waals surface area contributed by atoms with Gasteiger partial charge in [-0.05, 0) is 41.9 Å². The van der Waals surface area contributed by atoms with Gasteiger partial charge >= 0.3 is 0 Å². The Morgan fingerprint density at radius 1 is 1.25 bits per heavy atom. The van der Waals surface area contributed by atoms with E-state index in [0.717, 1.165) is 11.1 Å². The van der Waals surface area contributed by atoms with Crippen molar-refractivity contribution in [3.05, 3.63) is 65.4 Å². The van der Waals surface area contributed by atoms with E-state index in [1.54, 1.807) is 24.3 Å². The Bertz CT molecular complexity index is 1260. The third kappa shape index (κ3) is 4.31. The van der Waals surface area contributed by atoms with Gasteiger partial charge in [0.15, 0.2) is 5.69 Å². The number of aryl methyl sites for hydroxylation is 1. The van der Waals surface area contributed by atoms with Gasteiger partial charge in [0.2, 0.25) is 11.6 Å². The molecule has 0 unspecified atom stereocenters. The maximum Gasteiger partial charge on any atom is 0.294 e. The topological polar surface area (TPSA) is 146 Å². The summed E-state index contributed by atoms with van der Waals surface area (Å²) in [6.07, 6.45) is 1.54. The minimum atomic E-state index is -0.563. The summed E-state index contributed by atoms with van der Waals surface area (Å²) in [6, 6.07) is 14.8. The third-order valence-corrected chi connectivity index (χ3v) is 4.46. The molecule has 2 aromatic heterocycles. The Balaban J connectivity index is 1.69. The average molecular weight is 432 g/mol. The highest BCUT2D eigenvalue weighted by Crippen LogP contribution is 2.29. The summed E-state index contributed by atoms with van der Waals surface area (Å²) in [7, 11) is 0. The van der Waals surface area contributed by atoms with E-state index < -0.39 is 5.91 Å². The molecule has 0 radical (unpaired) electrons. The fraction of sp³-hybridized carbons (Fsp3) is 0.143. The van der Waals surface area contributed by atoms with Gasteiger partial charge in [0.1, 0.15) is 11.4 Å². The normalized spacial score (nSPS) is 11.1. The number of ether oxygens (including phenoxy) is 1. The highest BCUT2D eigenvalue weighted by atomic mass is 16.6. The SMILES string of the molecule is CCOc1cccc(-c2c(C(=O)N/N=C/c3ccc(C)cc3)nnn2-c2nonc2N)c1. The summed E-state index contributed by atoms with van der Waals surface area (Å²) in [5, 5.41) is 19.4. The largest absolute Gasteiger partial charge is 0.494 e. The molecule has 0 bridgehead atoms. The Hall–Kier alpha value is -4.54. The van der Waals surface area contributed by atoms with E-state index in [-0.39, 0.29) is 17.3 Å². The van der Waals surface area contributed by atoms with E-state index in [4.69, 9.17) is 10.5 Å². The maximum absolute atomic E-state index is 12.9. The summed E-state index contributed by atoms with van der Waals surface area (Å²) >= 11 is 0. The first-order valence-corrected chi connectivity index (χ1v) is 9.74. The lowest BCUT2D eigenvalue weighted by molar-refractivity contribution is 0.0950. The number of rotatable bonds is 7. The van der Waals surface area contributed by atoms with Crippen molar-refractivity contribution < 1.29 is 14.2 Å². The van der Waals surface area contributed by atoms with E-state index in [9.17, 15) is 4.79 Å². The van der Waals surface area contributed by atoms with E-state index in [1.807, 2.05) is 38.1 Å². The molecule has 0 spiro atoms. The number of aromatic nitrogens is 5. The molecule has 0 fully saturated rings. The number of benzene rings is 2. The van der Waals surface area contributed by atoms with Crippen LogP contribution >= 0.6 is 0 Å². The van der Waals surface area contributed by atoms with E-state index in [2.05, 4.69) is 35.8 Å². The standard InChI is InChI=1S/C21H20N8O3/c1-3-31-16-6-4-5-15(11-16)18-17(24-28-29(18)20-19(22)26-32-27-20)21(30)25-23-12-14-9-7-13(2)8-10-14/h4-12H,3H2,1-2H3,(H2,22,26)(H,25,30)/b23-12+. The lowest BCUT2D eigenvalue weighted by Gasteiger charge is -2.08. The zero-order valence-electron chi connectivity index (χ0n) is 17.4. The van der Waals surface area contributed by atoms with E-state index in [0.29, 0.717) is 23.6 Å². The molecule has 0 atom stereocenters. The van der Waals surface area contributed by atoms with Crippen LogP contribution in [0.2, 0.25) is 0 Å².